The second-order valence-electron chi connectivity index (χ2n) is 12.5. The number of nitrogens with one attached hydrogen (secondary N) is 1. The predicted molar refractivity (Wildman–Crippen MR) is 183 cm³/mol. The van der Waals surface area contributed by atoms with Crippen LogP contribution in [-0.4, -0.2) is 68.1 Å². The molecular formula is C37H38N8O2. The van der Waals surface area contributed by atoms with Crippen LogP contribution in [0.3, 0.4) is 0 Å². The van der Waals surface area contributed by atoms with Crippen molar-refractivity contribution in [2.45, 2.75) is 51.6 Å². The van der Waals surface area contributed by atoms with Gasteiger partial charge in [-0.1, -0.05) is 48.2 Å². The lowest BCUT2D eigenvalue weighted by molar-refractivity contribution is 0.140. The molecule has 0 radical (unpaired) electrons. The van der Waals surface area contributed by atoms with Gasteiger partial charge in [-0.3, -0.25) is 9.80 Å². The Balaban J connectivity index is 0.000000185. The average Bonchev–Trinajstić information content (AvgIpc) is 3.07. The zero-order valence-corrected chi connectivity index (χ0v) is 27.4. The number of carbonyl (C=O) groups excluding carboxylic acids is 2. The Hall–Kier alpha value is -5.74. The summed E-state index contributed by atoms with van der Waals surface area (Å²) in [5.41, 5.74) is 2.70. The van der Waals surface area contributed by atoms with E-state index >= 15 is 0 Å². The monoisotopic (exact) mass is 626 g/mol. The van der Waals surface area contributed by atoms with Gasteiger partial charge in [-0.25, -0.2) is 29.5 Å². The second kappa shape index (κ2) is 14.1. The fourth-order valence-electron chi connectivity index (χ4n) is 4.80. The van der Waals surface area contributed by atoms with Crippen molar-refractivity contribution < 1.29 is 9.59 Å². The SMILES string of the molecule is CC1(C)CCN(c2cnc(C#Cc3ccccc3)cn2)C(=O)N1.CN1C(=O)N(c2cnc(C#Cc3ccccc3)cn2)CCC1(C)C. The fourth-order valence-corrected chi connectivity index (χ4v) is 4.80. The minimum Gasteiger partial charge on any atom is -0.333 e. The highest BCUT2D eigenvalue weighted by Crippen LogP contribution is 2.27. The van der Waals surface area contributed by atoms with Crippen LogP contribution >= 0.6 is 0 Å². The molecule has 10 nitrogen and oxygen atoms in total. The molecule has 0 saturated carbocycles. The second-order valence-corrected chi connectivity index (χ2v) is 12.5. The topological polar surface area (TPSA) is 107 Å². The molecule has 1 N–H and O–H groups in total. The molecule has 2 aliphatic heterocycles. The number of rotatable bonds is 2. The van der Waals surface area contributed by atoms with Crippen molar-refractivity contribution in [1.29, 1.82) is 0 Å². The summed E-state index contributed by atoms with van der Waals surface area (Å²) in [5.74, 6) is 13.1. The van der Waals surface area contributed by atoms with Crippen LogP contribution in [0.2, 0.25) is 0 Å². The first-order valence-corrected chi connectivity index (χ1v) is 15.4. The lowest BCUT2D eigenvalue weighted by Crippen LogP contribution is -2.57. The maximum atomic E-state index is 12.5. The molecule has 0 unspecified atom stereocenters. The number of hydrogen-bond acceptors (Lipinski definition) is 6. The van der Waals surface area contributed by atoms with Crippen LogP contribution < -0.4 is 15.1 Å². The molecule has 47 heavy (non-hydrogen) atoms. The van der Waals surface area contributed by atoms with E-state index in [0.29, 0.717) is 36.1 Å². The van der Waals surface area contributed by atoms with E-state index in [1.165, 1.54) is 0 Å². The zero-order valence-electron chi connectivity index (χ0n) is 27.4. The van der Waals surface area contributed by atoms with Crippen molar-refractivity contribution >= 4 is 23.7 Å². The highest BCUT2D eigenvalue weighted by molar-refractivity contribution is 5.92. The molecular weight excluding hydrogens is 588 g/mol. The van der Waals surface area contributed by atoms with Crippen molar-refractivity contribution in [3.63, 3.8) is 0 Å². The lowest BCUT2D eigenvalue weighted by Gasteiger charge is -2.44. The third-order valence-electron chi connectivity index (χ3n) is 8.07. The van der Waals surface area contributed by atoms with Gasteiger partial charge >= 0.3 is 12.1 Å². The minimum atomic E-state index is -0.178. The van der Waals surface area contributed by atoms with Gasteiger partial charge in [0.2, 0.25) is 0 Å². The van der Waals surface area contributed by atoms with Gasteiger partial charge in [-0.15, -0.1) is 0 Å². The molecule has 238 valence electrons. The molecule has 2 aromatic heterocycles. The standard InChI is InChI=1S/C19H20N4O.C18H18N4O/c1-19(2)11-12-23(18(24)22(19)3)17-14-20-16(13-21-17)10-9-15-7-5-4-6-8-15;1-18(2)10-11-22(17(23)21-18)16-13-19-15(12-20-16)9-8-14-6-4-3-5-7-14/h4-8,13-14H,11-12H2,1-3H3;3-7,12-13H,10-11H2,1-2H3,(H,21,23). The van der Waals surface area contributed by atoms with E-state index in [-0.39, 0.29) is 23.1 Å². The summed E-state index contributed by atoms with van der Waals surface area (Å²) in [7, 11) is 1.82. The third-order valence-corrected chi connectivity index (χ3v) is 8.07. The van der Waals surface area contributed by atoms with Crippen LogP contribution in [0.5, 0.6) is 0 Å². The number of urea groups is 2. The van der Waals surface area contributed by atoms with Gasteiger partial charge in [0.05, 0.1) is 24.8 Å². The molecule has 2 aromatic carbocycles. The van der Waals surface area contributed by atoms with Crippen molar-refractivity contribution in [1.82, 2.24) is 30.2 Å². The Kier molecular flexibility index (Phi) is 9.82. The van der Waals surface area contributed by atoms with E-state index in [4.69, 9.17) is 0 Å². The number of benzene rings is 2. The van der Waals surface area contributed by atoms with Gasteiger partial charge in [0, 0.05) is 42.3 Å². The molecule has 0 spiro atoms. The van der Waals surface area contributed by atoms with Crippen molar-refractivity contribution in [2.75, 3.05) is 29.9 Å². The average molecular weight is 627 g/mol. The van der Waals surface area contributed by atoms with Crippen LogP contribution in [0, 0.1) is 23.7 Å². The van der Waals surface area contributed by atoms with Crippen LogP contribution in [0.1, 0.15) is 63.1 Å². The van der Waals surface area contributed by atoms with Gasteiger partial charge < -0.3 is 10.2 Å². The Labute approximate surface area is 276 Å². The summed E-state index contributed by atoms with van der Waals surface area (Å²) in [5, 5.41) is 2.96. The van der Waals surface area contributed by atoms with E-state index in [9.17, 15) is 9.59 Å². The largest absolute Gasteiger partial charge is 0.333 e. The first-order chi connectivity index (χ1) is 22.5. The summed E-state index contributed by atoms with van der Waals surface area (Å²) < 4.78 is 0. The number of carbonyl (C=O) groups is 2. The van der Waals surface area contributed by atoms with Crippen LogP contribution in [0.4, 0.5) is 21.2 Å². The summed E-state index contributed by atoms with van der Waals surface area (Å²) in [6.07, 6.45) is 8.14. The van der Waals surface area contributed by atoms with Gasteiger partial charge in [0.25, 0.3) is 0 Å². The van der Waals surface area contributed by atoms with Gasteiger partial charge in [-0.05, 0) is 76.6 Å². The molecule has 2 aliphatic rings. The van der Waals surface area contributed by atoms with E-state index in [1.807, 2.05) is 81.6 Å². The molecule has 6 rings (SSSR count). The Morgan fingerprint density at radius 3 is 1.60 bits per heavy atom. The molecule has 0 atom stereocenters. The minimum absolute atomic E-state index is 0.0522. The van der Waals surface area contributed by atoms with Crippen LogP contribution in [-0.2, 0) is 0 Å². The summed E-state index contributed by atoms with van der Waals surface area (Å²) >= 11 is 0. The maximum absolute atomic E-state index is 12.5. The molecule has 0 aliphatic carbocycles. The molecule has 4 heterocycles. The van der Waals surface area contributed by atoms with Crippen LogP contribution in [0.25, 0.3) is 0 Å². The first kappa shape index (κ1) is 32.6. The van der Waals surface area contributed by atoms with Gasteiger partial charge in [0.1, 0.15) is 11.4 Å². The molecule has 2 saturated heterocycles. The number of hydrogen-bond donors (Lipinski definition) is 1. The van der Waals surface area contributed by atoms with E-state index in [2.05, 4.69) is 62.8 Å². The quantitative estimate of drug-likeness (QED) is 0.295. The number of aromatic nitrogens is 4. The molecule has 2 fully saturated rings. The fraction of sp³-hybridized carbons (Fsp3) is 0.297. The van der Waals surface area contributed by atoms with Crippen LogP contribution in [0.15, 0.2) is 85.5 Å². The van der Waals surface area contributed by atoms with Gasteiger partial charge in [0.15, 0.2) is 11.6 Å². The molecule has 4 amide bonds. The Morgan fingerprint density at radius 1 is 0.638 bits per heavy atom. The van der Waals surface area contributed by atoms with Crippen molar-refractivity contribution in [2.24, 2.45) is 0 Å². The number of nitrogens with zero attached hydrogens (tertiary/aromatic N) is 7. The van der Waals surface area contributed by atoms with Gasteiger partial charge in [-0.2, -0.15) is 0 Å². The van der Waals surface area contributed by atoms with E-state index < -0.39 is 0 Å². The summed E-state index contributed by atoms with van der Waals surface area (Å²) in [4.78, 5) is 46.9. The smallest absolute Gasteiger partial charge is 0.325 e. The van der Waals surface area contributed by atoms with E-state index in [1.54, 1.807) is 39.5 Å². The predicted octanol–water partition coefficient (Wildman–Crippen LogP) is 5.49. The Morgan fingerprint density at radius 2 is 1.13 bits per heavy atom. The number of anilines is 2. The highest BCUT2D eigenvalue weighted by Gasteiger charge is 2.37. The Bertz CT molecular complexity index is 1820. The third kappa shape index (κ3) is 8.50. The zero-order chi connectivity index (χ0) is 33.4. The molecule has 4 aromatic rings. The van der Waals surface area contributed by atoms with Crippen molar-refractivity contribution in [3.05, 3.63) is 108 Å². The summed E-state index contributed by atoms with van der Waals surface area (Å²) in [6, 6.07) is 19.2. The maximum Gasteiger partial charge on any atom is 0.325 e. The number of amides is 4. The lowest BCUT2D eigenvalue weighted by atomic mass is 9.96. The molecule has 10 heteroatoms. The highest BCUT2D eigenvalue weighted by atomic mass is 16.2. The van der Waals surface area contributed by atoms with Crippen molar-refractivity contribution in [3.8, 4) is 23.7 Å². The first-order valence-electron chi connectivity index (χ1n) is 15.4. The summed E-state index contributed by atoms with van der Waals surface area (Å²) in [6.45, 7) is 9.42. The van der Waals surface area contributed by atoms with E-state index in [0.717, 1.165) is 24.0 Å². The normalized spacial score (nSPS) is 16.4. The molecule has 0 bridgehead atoms.